The molecule has 1 aliphatic heterocycles. The van der Waals surface area contributed by atoms with Gasteiger partial charge in [-0.25, -0.2) is 5.48 Å². The van der Waals surface area contributed by atoms with E-state index in [9.17, 15) is 18.7 Å². The first-order chi connectivity index (χ1) is 16.7. The van der Waals surface area contributed by atoms with Gasteiger partial charge in [-0.3, -0.25) is 28.9 Å². The maximum Gasteiger partial charge on any atom is 0.251 e. The fourth-order valence-corrected chi connectivity index (χ4v) is 5.97. The van der Waals surface area contributed by atoms with Gasteiger partial charge in [0.1, 0.15) is 12.4 Å². The molecule has 3 aromatic rings. The minimum absolute atomic E-state index is 0.0852. The fraction of sp³-hybridized carbons (Fsp3) is 0.320. The molecule has 186 valence electrons. The average Bonchev–Trinajstić information content (AvgIpc) is 2.84. The summed E-state index contributed by atoms with van der Waals surface area (Å²) >= 11 is 0. The van der Waals surface area contributed by atoms with Gasteiger partial charge in [0.05, 0.1) is 17.5 Å². The Hall–Kier alpha value is -3.18. The van der Waals surface area contributed by atoms with Crippen LogP contribution in [0.5, 0.6) is 5.75 Å². The Morgan fingerprint density at radius 1 is 1.09 bits per heavy atom. The third-order valence-corrected chi connectivity index (χ3v) is 7.97. The number of benzene rings is 2. The van der Waals surface area contributed by atoms with E-state index in [0.29, 0.717) is 17.9 Å². The monoisotopic (exact) mass is 499 g/mol. The molecule has 0 bridgehead atoms. The smallest absolute Gasteiger partial charge is 0.251 e. The minimum Gasteiger partial charge on any atom is -0.489 e. The number of nitrogens with zero attached hydrogens (tertiary/aromatic N) is 1. The molecule has 9 nitrogen and oxygen atoms in total. The second kappa shape index (κ2) is 10.2. The zero-order chi connectivity index (χ0) is 25.1. The standard InChI is InChI=1S/C25H29N3O6S/c1-17-14-19(21-4-2-3-5-22(21)26-17)16-34-20-8-6-18(7-9-20)24(30)27-25(15-23(29)28-31)10-12-35(32,33)13-11-25/h2-9,14,31-33H,10-13,15-16H2,1H3,(H,27,30)(H,28,29). The Morgan fingerprint density at radius 3 is 2.46 bits per heavy atom. The molecule has 2 aromatic carbocycles. The summed E-state index contributed by atoms with van der Waals surface area (Å²) in [4.78, 5) is 29.3. The lowest BCUT2D eigenvalue weighted by Gasteiger charge is -2.46. The van der Waals surface area contributed by atoms with E-state index < -0.39 is 27.9 Å². The maximum absolute atomic E-state index is 13.0. The summed E-state index contributed by atoms with van der Waals surface area (Å²) in [5.74, 6) is -0.270. The topological polar surface area (TPSA) is 141 Å². The molecular weight excluding hydrogens is 470 g/mol. The normalized spacial score (nSPS) is 17.4. The molecule has 4 rings (SSSR count). The van der Waals surface area contributed by atoms with Crippen LogP contribution >= 0.6 is 10.6 Å². The number of carbonyl (C=O) groups excluding carboxylic acids is 2. The summed E-state index contributed by atoms with van der Waals surface area (Å²) in [5.41, 5.74) is 3.83. The Labute approximate surface area is 204 Å². The van der Waals surface area contributed by atoms with Crippen molar-refractivity contribution < 1.29 is 28.6 Å². The number of hydrogen-bond acceptors (Lipinski definition) is 7. The van der Waals surface area contributed by atoms with Crippen molar-refractivity contribution in [2.75, 3.05) is 11.5 Å². The van der Waals surface area contributed by atoms with E-state index in [-0.39, 0.29) is 30.8 Å². The van der Waals surface area contributed by atoms with Crippen molar-refractivity contribution in [2.24, 2.45) is 0 Å². The Morgan fingerprint density at radius 2 is 1.77 bits per heavy atom. The quantitative estimate of drug-likeness (QED) is 0.244. The third kappa shape index (κ3) is 6.09. The first kappa shape index (κ1) is 24.9. The molecule has 2 heterocycles. The predicted molar refractivity (Wildman–Crippen MR) is 134 cm³/mol. The number of aryl methyl sites for hydroxylation is 1. The Bertz CT molecular complexity index is 1220. The van der Waals surface area contributed by atoms with Gasteiger partial charge in [0.15, 0.2) is 0 Å². The number of hydrogen-bond donors (Lipinski definition) is 5. The van der Waals surface area contributed by atoms with Crippen molar-refractivity contribution in [3.8, 4) is 5.75 Å². The van der Waals surface area contributed by atoms with Crippen LogP contribution in [0.2, 0.25) is 0 Å². The van der Waals surface area contributed by atoms with Crippen molar-refractivity contribution in [2.45, 2.75) is 38.3 Å². The zero-order valence-corrected chi connectivity index (χ0v) is 20.2. The van der Waals surface area contributed by atoms with Gasteiger partial charge < -0.3 is 10.1 Å². The number of fused-ring (bicyclic) bond motifs is 1. The number of amides is 2. The summed E-state index contributed by atoms with van der Waals surface area (Å²) in [6, 6.07) is 16.5. The van der Waals surface area contributed by atoms with Crippen molar-refractivity contribution in [3.05, 3.63) is 71.4 Å². The molecule has 0 aliphatic carbocycles. The number of pyridine rings is 1. The van der Waals surface area contributed by atoms with Crippen LogP contribution in [0.15, 0.2) is 54.6 Å². The van der Waals surface area contributed by atoms with Gasteiger partial charge in [0.2, 0.25) is 5.91 Å². The molecule has 1 saturated heterocycles. The number of hydroxylamine groups is 1. The Balaban J connectivity index is 1.43. The fourth-order valence-electron chi connectivity index (χ4n) is 4.33. The minimum atomic E-state index is -2.71. The summed E-state index contributed by atoms with van der Waals surface area (Å²) < 4.78 is 25.8. The van der Waals surface area contributed by atoms with Crippen LogP contribution in [0.1, 0.15) is 40.9 Å². The zero-order valence-electron chi connectivity index (χ0n) is 19.4. The lowest BCUT2D eigenvalue weighted by atomic mass is 9.87. The number of para-hydroxylation sites is 1. The number of aromatic nitrogens is 1. The average molecular weight is 500 g/mol. The van der Waals surface area contributed by atoms with Gasteiger partial charge in [-0.05, 0) is 56.2 Å². The molecule has 0 atom stereocenters. The molecule has 10 heteroatoms. The van der Waals surface area contributed by atoms with E-state index in [1.165, 1.54) is 0 Å². The van der Waals surface area contributed by atoms with Crippen LogP contribution in [0.4, 0.5) is 0 Å². The van der Waals surface area contributed by atoms with E-state index in [1.807, 2.05) is 37.3 Å². The van der Waals surface area contributed by atoms with Crippen LogP contribution in [0.3, 0.4) is 0 Å². The summed E-state index contributed by atoms with van der Waals surface area (Å²) in [5, 5.41) is 12.9. The number of ether oxygens (including phenoxy) is 1. The molecule has 1 aliphatic rings. The highest BCUT2D eigenvalue weighted by molar-refractivity contribution is 8.24. The van der Waals surface area contributed by atoms with Crippen molar-refractivity contribution in [1.29, 1.82) is 0 Å². The number of carbonyl (C=O) groups is 2. The Kier molecular flexibility index (Phi) is 7.27. The molecule has 0 spiro atoms. The van der Waals surface area contributed by atoms with E-state index >= 15 is 0 Å². The van der Waals surface area contributed by atoms with Crippen LogP contribution in [0, 0.1) is 6.92 Å². The number of rotatable bonds is 7. The van der Waals surface area contributed by atoms with Crippen LogP contribution in [-0.4, -0.2) is 48.2 Å². The summed E-state index contributed by atoms with van der Waals surface area (Å²) in [7, 11) is -2.71. The highest BCUT2D eigenvalue weighted by Gasteiger charge is 2.40. The highest BCUT2D eigenvalue weighted by Crippen LogP contribution is 2.48. The molecule has 1 aromatic heterocycles. The van der Waals surface area contributed by atoms with Gasteiger partial charge in [-0.1, -0.05) is 18.2 Å². The van der Waals surface area contributed by atoms with Gasteiger partial charge >= 0.3 is 0 Å². The predicted octanol–water partition coefficient (Wildman–Crippen LogP) is 4.03. The second-order valence-electron chi connectivity index (χ2n) is 8.91. The molecule has 35 heavy (non-hydrogen) atoms. The molecular formula is C25H29N3O6S. The maximum atomic E-state index is 13.0. The van der Waals surface area contributed by atoms with Crippen molar-refractivity contribution >= 4 is 33.3 Å². The lowest BCUT2D eigenvalue weighted by molar-refractivity contribution is -0.130. The second-order valence-corrected chi connectivity index (χ2v) is 11.3. The van der Waals surface area contributed by atoms with Gasteiger partial charge in [0, 0.05) is 33.7 Å². The van der Waals surface area contributed by atoms with E-state index in [4.69, 9.17) is 9.94 Å². The van der Waals surface area contributed by atoms with Crippen molar-refractivity contribution in [3.63, 3.8) is 0 Å². The summed E-state index contributed by atoms with van der Waals surface area (Å²) in [6.45, 7) is 2.29. The molecule has 0 radical (unpaired) electrons. The van der Waals surface area contributed by atoms with Crippen LogP contribution in [0.25, 0.3) is 10.9 Å². The number of nitrogens with one attached hydrogen (secondary N) is 2. The third-order valence-electron chi connectivity index (χ3n) is 6.26. The van der Waals surface area contributed by atoms with Crippen LogP contribution in [-0.2, 0) is 11.4 Å². The largest absolute Gasteiger partial charge is 0.489 e. The van der Waals surface area contributed by atoms with E-state index in [0.717, 1.165) is 22.2 Å². The highest BCUT2D eigenvalue weighted by atomic mass is 32.3. The van der Waals surface area contributed by atoms with Gasteiger partial charge in [0.25, 0.3) is 5.91 Å². The molecule has 1 fully saturated rings. The summed E-state index contributed by atoms with van der Waals surface area (Å²) in [6.07, 6.45) is 0.273. The van der Waals surface area contributed by atoms with E-state index in [2.05, 4.69) is 10.3 Å². The molecule has 0 unspecified atom stereocenters. The molecule has 2 amide bonds. The van der Waals surface area contributed by atoms with Gasteiger partial charge in [-0.15, -0.1) is 0 Å². The first-order valence-corrected chi connectivity index (χ1v) is 13.1. The van der Waals surface area contributed by atoms with E-state index in [1.54, 1.807) is 29.7 Å². The van der Waals surface area contributed by atoms with Crippen molar-refractivity contribution in [1.82, 2.24) is 15.8 Å². The van der Waals surface area contributed by atoms with Gasteiger partial charge in [-0.2, -0.15) is 10.6 Å². The first-order valence-electron chi connectivity index (χ1n) is 11.3. The molecule has 5 N–H and O–H groups in total. The van der Waals surface area contributed by atoms with Crippen LogP contribution < -0.4 is 15.5 Å². The SMILES string of the molecule is Cc1cc(COc2ccc(C(=O)NC3(CC(=O)NO)CCS(O)(O)CC3)cc2)c2ccccc2n1. The lowest BCUT2D eigenvalue weighted by Crippen LogP contribution is -2.54. The molecule has 0 saturated carbocycles.